The van der Waals surface area contributed by atoms with Gasteiger partial charge in [0, 0.05) is 44.6 Å². The maximum atomic E-state index is 4.50. The fourth-order valence-electron chi connectivity index (χ4n) is 2.17. The Morgan fingerprint density at radius 3 is 2.70 bits per heavy atom. The van der Waals surface area contributed by atoms with Crippen LogP contribution in [-0.2, 0) is 13.6 Å². The molecular formula is C14H22N6. The number of aryl methyl sites for hydroxylation is 2. The molecule has 0 saturated heterocycles. The van der Waals surface area contributed by atoms with Crippen molar-refractivity contribution in [3.63, 3.8) is 0 Å². The number of hydrogen-bond acceptors (Lipinski definition) is 5. The highest BCUT2D eigenvalue weighted by Gasteiger charge is 2.13. The van der Waals surface area contributed by atoms with Crippen molar-refractivity contribution >= 4 is 11.8 Å². The quantitative estimate of drug-likeness (QED) is 0.902. The van der Waals surface area contributed by atoms with Crippen molar-refractivity contribution in [1.29, 1.82) is 0 Å². The fourth-order valence-corrected chi connectivity index (χ4v) is 2.17. The minimum absolute atomic E-state index is 0.714. The van der Waals surface area contributed by atoms with Crippen LogP contribution in [0.1, 0.15) is 23.9 Å². The molecule has 2 rings (SSSR count). The molecular weight excluding hydrogens is 252 g/mol. The van der Waals surface area contributed by atoms with E-state index in [1.165, 1.54) is 11.3 Å². The minimum Gasteiger partial charge on any atom is -0.370 e. The molecule has 0 unspecified atom stereocenters. The highest BCUT2D eigenvalue weighted by molar-refractivity contribution is 5.41. The summed E-state index contributed by atoms with van der Waals surface area (Å²) < 4.78 is 1.91. The number of nitrogens with zero attached hydrogens (tertiary/aromatic N) is 5. The summed E-state index contributed by atoms with van der Waals surface area (Å²) in [7, 11) is 3.96. The lowest BCUT2D eigenvalue weighted by Gasteiger charge is -2.18. The van der Waals surface area contributed by atoms with E-state index in [0.29, 0.717) is 5.95 Å². The Bertz CT molecular complexity index is 589. The highest BCUT2D eigenvalue weighted by Crippen LogP contribution is 2.17. The van der Waals surface area contributed by atoms with Gasteiger partial charge in [-0.2, -0.15) is 10.1 Å². The smallest absolute Gasteiger partial charge is 0.227 e. The number of aromatic nitrogens is 4. The predicted molar refractivity (Wildman–Crippen MR) is 81.0 cm³/mol. The van der Waals surface area contributed by atoms with Crippen molar-refractivity contribution in [2.75, 3.05) is 23.8 Å². The maximum Gasteiger partial charge on any atom is 0.227 e. The second-order valence-corrected chi connectivity index (χ2v) is 4.90. The van der Waals surface area contributed by atoms with Gasteiger partial charge >= 0.3 is 0 Å². The second-order valence-electron chi connectivity index (χ2n) is 4.90. The predicted octanol–water partition coefficient (Wildman–Crippen LogP) is 1.90. The largest absolute Gasteiger partial charge is 0.370 e. The normalized spacial score (nSPS) is 10.7. The van der Waals surface area contributed by atoms with E-state index in [1.54, 1.807) is 6.20 Å². The van der Waals surface area contributed by atoms with Crippen LogP contribution in [0.2, 0.25) is 0 Å². The molecule has 2 aromatic heterocycles. The van der Waals surface area contributed by atoms with Gasteiger partial charge in [0.15, 0.2) is 0 Å². The average molecular weight is 274 g/mol. The molecule has 1 N–H and O–H groups in total. The van der Waals surface area contributed by atoms with Crippen molar-refractivity contribution in [3.8, 4) is 0 Å². The number of rotatable bonds is 5. The second kappa shape index (κ2) is 5.90. The molecule has 0 saturated carbocycles. The summed E-state index contributed by atoms with van der Waals surface area (Å²) >= 11 is 0. The van der Waals surface area contributed by atoms with E-state index >= 15 is 0 Å². The summed E-state index contributed by atoms with van der Waals surface area (Å²) in [6, 6.07) is 1.88. The average Bonchev–Trinajstić information content (AvgIpc) is 2.66. The monoisotopic (exact) mass is 274 g/mol. The van der Waals surface area contributed by atoms with E-state index < -0.39 is 0 Å². The fraction of sp³-hybridized carbons (Fsp3) is 0.500. The van der Waals surface area contributed by atoms with Crippen LogP contribution in [-0.4, -0.2) is 33.3 Å². The molecule has 6 heteroatoms. The lowest BCUT2D eigenvalue weighted by molar-refractivity contribution is 0.729. The molecule has 0 aliphatic heterocycles. The number of nitrogens with one attached hydrogen (secondary N) is 1. The Labute approximate surface area is 119 Å². The van der Waals surface area contributed by atoms with Gasteiger partial charge in [0.05, 0.1) is 5.69 Å². The first-order valence-electron chi connectivity index (χ1n) is 6.80. The SMILES string of the molecule is CCNc1ccnc(N(C)Cc2c(C)nn(C)c2C)n1. The maximum absolute atomic E-state index is 4.50. The first-order chi connectivity index (χ1) is 9.52. The van der Waals surface area contributed by atoms with Crippen LogP contribution in [0.3, 0.4) is 0 Å². The molecule has 108 valence electrons. The molecule has 0 aliphatic carbocycles. The zero-order chi connectivity index (χ0) is 14.7. The summed E-state index contributed by atoms with van der Waals surface area (Å²) in [5, 5.41) is 7.64. The molecule has 0 aromatic carbocycles. The van der Waals surface area contributed by atoms with Gasteiger partial charge in [0.25, 0.3) is 0 Å². The lowest BCUT2D eigenvalue weighted by atomic mass is 10.2. The third-order valence-electron chi connectivity index (χ3n) is 3.40. The van der Waals surface area contributed by atoms with E-state index in [0.717, 1.165) is 24.6 Å². The summed E-state index contributed by atoms with van der Waals surface area (Å²) in [5.74, 6) is 1.56. The van der Waals surface area contributed by atoms with E-state index in [1.807, 2.05) is 43.6 Å². The summed E-state index contributed by atoms with van der Waals surface area (Å²) in [6.07, 6.45) is 1.78. The highest BCUT2D eigenvalue weighted by atomic mass is 15.3. The molecule has 0 amide bonds. The van der Waals surface area contributed by atoms with Gasteiger partial charge in [-0.25, -0.2) is 4.98 Å². The Hall–Kier alpha value is -2.11. The molecule has 2 heterocycles. The van der Waals surface area contributed by atoms with Crippen LogP contribution in [0.4, 0.5) is 11.8 Å². The Balaban J connectivity index is 2.19. The third-order valence-corrected chi connectivity index (χ3v) is 3.40. The van der Waals surface area contributed by atoms with Gasteiger partial charge in [-0.05, 0) is 26.8 Å². The van der Waals surface area contributed by atoms with Gasteiger partial charge < -0.3 is 10.2 Å². The topological polar surface area (TPSA) is 58.9 Å². The molecule has 20 heavy (non-hydrogen) atoms. The summed E-state index contributed by atoms with van der Waals surface area (Å²) in [5.41, 5.74) is 3.46. The zero-order valence-electron chi connectivity index (χ0n) is 12.8. The van der Waals surface area contributed by atoms with Crippen molar-refractivity contribution < 1.29 is 0 Å². The number of hydrogen-bond donors (Lipinski definition) is 1. The Morgan fingerprint density at radius 1 is 1.35 bits per heavy atom. The van der Waals surface area contributed by atoms with E-state index in [4.69, 9.17) is 0 Å². The van der Waals surface area contributed by atoms with Crippen molar-refractivity contribution in [2.45, 2.75) is 27.3 Å². The van der Waals surface area contributed by atoms with Crippen molar-refractivity contribution in [1.82, 2.24) is 19.7 Å². The van der Waals surface area contributed by atoms with Crippen LogP contribution in [0.25, 0.3) is 0 Å². The van der Waals surface area contributed by atoms with E-state index in [-0.39, 0.29) is 0 Å². The van der Waals surface area contributed by atoms with Crippen LogP contribution in [0.5, 0.6) is 0 Å². The molecule has 0 fully saturated rings. The van der Waals surface area contributed by atoms with Crippen molar-refractivity contribution in [2.24, 2.45) is 7.05 Å². The van der Waals surface area contributed by atoms with Gasteiger partial charge in [-0.15, -0.1) is 0 Å². The molecule has 2 aromatic rings. The standard InChI is InChI=1S/C14H22N6/c1-6-15-13-7-8-16-14(17-13)19(4)9-12-10(2)18-20(5)11(12)3/h7-8H,6,9H2,1-5H3,(H,15,16,17). The Kier molecular flexibility index (Phi) is 4.22. The molecule has 6 nitrogen and oxygen atoms in total. The van der Waals surface area contributed by atoms with E-state index in [9.17, 15) is 0 Å². The molecule has 0 aliphatic rings. The molecule has 0 atom stereocenters. The first kappa shape index (κ1) is 14.3. The van der Waals surface area contributed by atoms with E-state index in [2.05, 4.69) is 27.3 Å². The van der Waals surface area contributed by atoms with Gasteiger partial charge in [-0.1, -0.05) is 0 Å². The minimum atomic E-state index is 0.714. The molecule has 0 bridgehead atoms. The van der Waals surface area contributed by atoms with Gasteiger partial charge in [-0.3, -0.25) is 4.68 Å². The van der Waals surface area contributed by atoms with Gasteiger partial charge in [0.1, 0.15) is 5.82 Å². The third kappa shape index (κ3) is 2.89. The number of anilines is 2. The Morgan fingerprint density at radius 2 is 2.10 bits per heavy atom. The van der Waals surface area contributed by atoms with Gasteiger partial charge in [0.2, 0.25) is 5.95 Å². The summed E-state index contributed by atoms with van der Waals surface area (Å²) in [4.78, 5) is 10.9. The van der Waals surface area contributed by atoms with Crippen LogP contribution < -0.4 is 10.2 Å². The van der Waals surface area contributed by atoms with Crippen LogP contribution >= 0.6 is 0 Å². The van der Waals surface area contributed by atoms with Crippen LogP contribution in [0, 0.1) is 13.8 Å². The summed E-state index contributed by atoms with van der Waals surface area (Å²) in [6.45, 7) is 7.76. The zero-order valence-corrected chi connectivity index (χ0v) is 12.8. The first-order valence-corrected chi connectivity index (χ1v) is 6.80. The molecule has 0 radical (unpaired) electrons. The van der Waals surface area contributed by atoms with Crippen LogP contribution in [0.15, 0.2) is 12.3 Å². The molecule has 0 spiro atoms. The lowest BCUT2D eigenvalue weighted by Crippen LogP contribution is -2.20. The van der Waals surface area contributed by atoms with Crippen molar-refractivity contribution in [3.05, 3.63) is 29.2 Å².